The number of aliphatic hydroxyl groups is 1. The van der Waals surface area contributed by atoms with Crippen molar-refractivity contribution in [3.8, 4) is 0 Å². The first-order chi connectivity index (χ1) is 32.9. The van der Waals surface area contributed by atoms with Crippen LogP contribution in [0.4, 0.5) is 0 Å². The molecule has 0 amide bonds. The number of hydrogen-bond donors (Lipinski definition) is 2. The van der Waals surface area contributed by atoms with E-state index in [2.05, 4.69) is 136 Å². The average Bonchev–Trinajstić information content (AvgIpc) is 3.88. The normalized spacial score (nSPS) is 45.1. The van der Waals surface area contributed by atoms with Crippen LogP contribution in [0.1, 0.15) is 196 Å². The number of allylic oxidation sites excluding steroid dienone is 1. The molecule has 0 radical (unpaired) electrons. The van der Waals surface area contributed by atoms with Gasteiger partial charge in [0.25, 0.3) is 0 Å². The van der Waals surface area contributed by atoms with Crippen molar-refractivity contribution < 1.29 is 19.8 Å². The second kappa shape index (κ2) is 19.9. The number of aliphatic hydroxyl groups excluding tert-OH is 1. The third kappa shape index (κ3) is 8.81. The van der Waals surface area contributed by atoms with Gasteiger partial charge in [-0.15, -0.1) is 0 Å². The van der Waals surface area contributed by atoms with E-state index >= 15 is 0 Å². The lowest BCUT2D eigenvalue weighted by Gasteiger charge is -2.65. The lowest BCUT2D eigenvalue weighted by atomic mass is 9.41. The molecule has 8 aliphatic rings. The lowest BCUT2D eigenvalue weighted by molar-refractivity contribution is -0.198. The largest absolute Gasteiger partial charge is 0.481 e. The first kappa shape index (κ1) is 51.2. The zero-order valence-corrected chi connectivity index (χ0v) is 45.1. The minimum Gasteiger partial charge on any atom is -0.481 e. The van der Waals surface area contributed by atoms with Crippen LogP contribution in [0.5, 0.6) is 0 Å². The molecule has 0 saturated heterocycles. The molecule has 4 unspecified atom stereocenters. The number of carbonyl (C=O) groups excluding carboxylic acids is 1. The van der Waals surface area contributed by atoms with Gasteiger partial charge in [0.15, 0.2) is 0 Å². The van der Waals surface area contributed by atoms with Gasteiger partial charge in [-0.2, -0.15) is 0 Å². The summed E-state index contributed by atoms with van der Waals surface area (Å²) in [6, 6.07) is 21.9. The van der Waals surface area contributed by atoms with Crippen molar-refractivity contribution in [3.63, 3.8) is 0 Å². The van der Waals surface area contributed by atoms with Crippen LogP contribution in [0.15, 0.2) is 66.7 Å². The third-order valence-corrected chi connectivity index (χ3v) is 24.0. The van der Waals surface area contributed by atoms with E-state index in [1.54, 1.807) is 0 Å². The summed E-state index contributed by atoms with van der Waals surface area (Å²) in [5.41, 5.74) is 5.28. The second-order valence-electron chi connectivity index (χ2n) is 27.1. The van der Waals surface area contributed by atoms with Gasteiger partial charge >= 0.3 is 5.97 Å². The standard InChI is InChI=1S/C39H54O.C26H42O3/c1-6-30-35-25-26(2)21-23-39(35,5)34-22-24-38(4)32(19-20-33(38)36(34)37(30)40)27(3)17-18-31(28-13-9-7-10-14-28)29-15-11-8-12-16-29;1-6-17-21-13-15(2)9-11-26(21,5)20-10-12-25(4)18(16(3)14-22(27)28)7-8-19(25)23(20)24(17)29/h7-16,18,26-27,30,32-37,40H,6,17,19-25H2,1-5H3;15-21,23H,6-14H2,1-5H3,(H,27,28)/t26-,27-,30-,32-,33?,34?,35+,36+,37-,38-,39-;15-,16-,17-,18-,19?,20?,21+,23+,25-,26-/m11/s1. The molecule has 380 valence electrons. The van der Waals surface area contributed by atoms with Crippen LogP contribution in [-0.2, 0) is 9.59 Å². The number of rotatable bonds is 10. The summed E-state index contributed by atoms with van der Waals surface area (Å²) < 4.78 is 0. The van der Waals surface area contributed by atoms with Crippen LogP contribution in [0.3, 0.4) is 0 Å². The molecule has 0 aromatic heterocycles. The number of fused-ring (bicyclic) bond motifs is 10. The fourth-order valence-electron chi connectivity index (χ4n) is 20.5. The Hall–Kier alpha value is -2.72. The molecule has 21 atom stereocenters. The van der Waals surface area contributed by atoms with Crippen molar-refractivity contribution in [2.45, 2.75) is 191 Å². The Kier molecular flexibility index (Phi) is 14.8. The maximum Gasteiger partial charge on any atom is 0.303 e. The van der Waals surface area contributed by atoms with Crippen molar-refractivity contribution in [1.82, 2.24) is 0 Å². The number of Topliss-reactive ketones (excluding diaryl/α,β-unsaturated/α-hetero) is 1. The van der Waals surface area contributed by atoms with E-state index in [9.17, 15) is 19.8 Å². The fourth-order valence-corrected chi connectivity index (χ4v) is 20.5. The van der Waals surface area contributed by atoms with Gasteiger partial charge < -0.3 is 10.2 Å². The molecule has 0 bridgehead atoms. The van der Waals surface area contributed by atoms with E-state index < -0.39 is 5.97 Å². The van der Waals surface area contributed by atoms with Gasteiger partial charge in [-0.3, -0.25) is 9.59 Å². The molecule has 0 heterocycles. The van der Waals surface area contributed by atoms with Crippen molar-refractivity contribution in [1.29, 1.82) is 0 Å². The number of aliphatic carboxylic acids is 1. The molecule has 0 aliphatic heterocycles. The Balaban J connectivity index is 0.000000181. The van der Waals surface area contributed by atoms with E-state index in [0.29, 0.717) is 69.4 Å². The first-order valence-electron chi connectivity index (χ1n) is 29.2. The van der Waals surface area contributed by atoms with Gasteiger partial charge in [-0.05, 0) is 211 Å². The van der Waals surface area contributed by atoms with E-state index in [0.717, 1.165) is 61.7 Å². The van der Waals surface area contributed by atoms with Crippen LogP contribution >= 0.6 is 0 Å². The zero-order valence-electron chi connectivity index (χ0n) is 45.1. The molecule has 8 aliphatic carbocycles. The molecule has 8 saturated carbocycles. The van der Waals surface area contributed by atoms with Crippen LogP contribution in [-0.4, -0.2) is 28.1 Å². The van der Waals surface area contributed by atoms with E-state index in [-0.39, 0.29) is 35.7 Å². The van der Waals surface area contributed by atoms with Gasteiger partial charge in [0.05, 0.1) is 6.10 Å². The summed E-state index contributed by atoms with van der Waals surface area (Å²) in [5.74, 6) is 8.78. The number of benzene rings is 2. The summed E-state index contributed by atoms with van der Waals surface area (Å²) in [6.45, 7) is 24.4. The van der Waals surface area contributed by atoms with Crippen molar-refractivity contribution >= 4 is 17.3 Å². The highest BCUT2D eigenvalue weighted by molar-refractivity contribution is 5.86. The highest BCUT2D eigenvalue weighted by Gasteiger charge is 2.66. The van der Waals surface area contributed by atoms with Crippen LogP contribution in [0.2, 0.25) is 0 Å². The second-order valence-corrected chi connectivity index (χ2v) is 27.1. The van der Waals surface area contributed by atoms with Gasteiger partial charge in [0, 0.05) is 18.3 Å². The molecular weight excluding hydrogens is 845 g/mol. The molecule has 4 heteroatoms. The van der Waals surface area contributed by atoms with Crippen molar-refractivity contribution in [2.75, 3.05) is 0 Å². The summed E-state index contributed by atoms with van der Waals surface area (Å²) in [5, 5.41) is 21.5. The number of carboxylic acids is 1. The number of carboxylic acid groups (broad SMARTS) is 1. The van der Waals surface area contributed by atoms with Gasteiger partial charge in [0.2, 0.25) is 0 Å². The molecule has 4 nitrogen and oxygen atoms in total. The molecule has 10 rings (SSSR count). The summed E-state index contributed by atoms with van der Waals surface area (Å²) in [7, 11) is 0. The zero-order chi connectivity index (χ0) is 49.2. The van der Waals surface area contributed by atoms with Gasteiger partial charge in [-0.25, -0.2) is 0 Å². The lowest BCUT2D eigenvalue weighted by Crippen LogP contribution is -2.61. The highest BCUT2D eigenvalue weighted by Crippen LogP contribution is 2.71. The van der Waals surface area contributed by atoms with Gasteiger partial charge in [-0.1, -0.05) is 155 Å². The van der Waals surface area contributed by atoms with Crippen LogP contribution < -0.4 is 0 Å². The molecular formula is C65H96O4. The third-order valence-electron chi connectivity index (χ3n) is 24.0. The molecule has 8 fully saturated rings. The topological polar surface area (TPSA) is 74.6 Å². The Morgan fingerprint density at radius 2 is 1.10 bits per heavy atom. The van der Waals surface area contributed by atoms with Gasteiger partial charge in [0.1, 0.15) is 5.78 Å². The Bertz CT molecular complexity index is 2090. The smallest absolute Gasteiger partial charge is 0.303 e. The molecule has 0 spiro atoms. The maximum atomic E-state index is 13.9. The predicted octanol–water partition coefficient (Wildman–Crippen LogP) is 16.3. The Morgan fingerprint density at radius 3 is 1.67 bits per heavy atom. The molecule has 69 heavy (non-hydrogen) atoms. The quantitative estimate of drug-likeness (QED) is 0.249. The summed E-state index contributed by atoms with van der Waals surface area (Å²) in [6.07, 6.45) is 23.9. The Morgan fingerprint density at radius 1 is 0.623 bits per heavy atom. The Labute approximate surface area is 420 Å². The minimum absolute atomic E-state index is 0.0975. The predicted molar refractivity (Wildman–Crippen MR) is 284 cm³/mol. The maximum absolute atomic E-state index is 13.9. The van der Waals surface area contributed by atoms with Crippen molar-refractivity contribution in [3.05, 3.63) is 77.9 Å². The minimum atomic E-state index is -0.676. The number of ketones is 1. The molecule has 2 aromatic carbocycles. The van der Waals surface area contributed by atoms with Crippen LogP contribution in [0, 0.1) is 116 Å². The number of carbonyl (C=O) groups is 2. The van der Waals surface area contributed by atoms with Crippen molar-refractivity contribution in [2.24, 2.45) is 116 Å². The monoisotopic (exact) mass is 941 g/mol. The fraction of sp³-hybridized carbons (Fsp3) is 0.754. The van der Waals surface area contributed by atoms with E-state index in [4.69, 9.17) is 0 Å². The van der Waals surface area contributed by atoms with Crippen LogP contribution in [0.25, 0.3) is 5.57 Å². The van der Waals surface area contributed by atoms with E-state index in [1.807, 2.05) is 0 Å². The molecule has 2 aromatic rings. The average molecular weight is 941 g/mol. The summed E-state index contributed by atoms with van der Waals surface area (Å²) in [4.78, 5) is 25.3. The van der Waals surface area contributed by atoms with E-state index in [1.165, 1.54) is 93.7 Å². The highest BCUT2D eigenvalue weighted by atomic mass is 16.4. The SMILES string of the molecule is CC[C@H]1C(=O)[C@H]2C3CC[C@H]([C@H](C)CC(=O)O)[C@@]3(C)CCC2[C@@]2(C)CC[C@@H](C)C[C@@H]12.CC[C@H]1[C@@H](O)[C@H]2C3CC[C@H]([C@H](C)CC=C(c4ccccc4)c4ccccc4)[C@@]3(C)CCC2[C@@]2(C)CC[C@@H](C)C[C@@H]12. The summed E-state index contributed by atoms with van der Waals surface area (Å²) >= 11 is 0. The number of hydrogen-bond acceptors (Lipinski definition) is 3. The molecule has 2 N–H and O–H groups in total. The first-order valence-corrected chi connectivity index (χ1v) is 29.2.